The molecule has 146 valence electrons. The Labute approximate surface area is 175 Å². The zero-order valence-corrected chi connectivity index (χ0v) is 17.2. The molecule has 1 aliphatic rings. The summed E-state index contributed by atoms with van der Waals surface area (Å²) in [5.41, 5.74) is 2.23. The highest BCUT2D eigenvalue weighted by molar-refractivity contribution is 7.15. The van der Waals surface area contributed by atoms with E-state index in [9.17, 15) is 9.18 Å². The lowest BCUT2D eigenvalue weighted by molar-refractivity contribution is 0.244. The lowest BCUT2D eigenvalue weighted by atomic mass is 10.1. The molecule has 0 radical (unpaired) electrons. The number of halogens is 1. The number of aromatic nitrogens is 2. The van der Waals surface area contributed by atoms with Crippen molar-refractivity contribution in [1.29, 1.82) is 0 Å². The van der Waals surface area contributed by atoms with Gasteiger partial charge in [-0.3, -0.25) is 9.69 Å². The van der Waals surface area contributed by atoms with Crippen LogP contribution in [0.15, 0.2) is 58.7 Å². The van der Waals surface area contributed by atoms with Crippen LogP contribution in [-0.2, 0) is 19.5 Å². The number of nitrogens with zero attached hydrogens (tertiary/aromatic N) is 2. The molecule has 0 spiro atoms. The Morgan fingerprint density at radius 2 is 2.00 bits per heavy atom. The van der Waals surface area contributed by atoms with Gasteiger partial charge in [0, 0.05) is 41.4 Å². The van der Waals surface area contributed by atoms with Gasteiger partial charge in [0.05, 0.1) is 16.1 Å². The van der Waals surface area contributed by atoms with Gasteiger partial charge in [0.25, 0.3) is 5.56 Å². The van der Waals surface area contributed by atoms with Crippen LogP contribution in [0.2, 0.25) is 0 Å². The Kier molecular flexibility index (Phi) is 4.87. The summed E-state index contributed by atoms with van der Waals surface area (Å²) in [6.07, 6.45) is 0.753. The van der Waals surface area contributed by atoms with Gasteiger partial charge in [0.1, 0.15) is 5.82 Å². The van der Waals surface area contributed by atoms with Gasteiger partial charge in [-0.2, -0.15) is 0 Å². The quantitative estimate of drug-likeness (QED) is 0.507. The molecule has 0 saturated carbocycles. The molecule has 5 rings (SSSR count). The average Bonchev–Trinajstić information content (AvgIpc) is 3.41. The summed E-state index contributed by atoms with van der Waals surface area (Å²) in [4.78, 5) is 25.6. The molecule has 0 fully saturated rings. The lowest BCUT2D eigenvalue weighted by Gasteiger charge is -2.27. The maximum atomic E-state index is 14.0. The fourth-order valence-electron chi connectivity index (χ4n) is 3.63. The van der Waals surface area contributed by atoms with Crippen molar-refractivity contribution in [2.45, 2.75) is 19.5 Å². The lowest BCUT2D eigenvalue weighted by Crippen LogP contribution is -2.35. The van der Waals surface area contributed by atoms with Crippen LogP contribution in [0.25, 0.3) is 21.1 Å². The molecule has 4 aromatic rings. The van der Waals surface area contributed by atoms with Gasteiger partial charge >= 0.3 is 0 Å². The van der Waals surface area contributed by atoms with Gasteiger partial charge in [0.2, 0.25) is 0 Å². The zero-order valence-electron chi connectivity index (χ0n) is 15.5. The van der Waals surface area contributed by atoms with Crippen molar-refractivity contribution in [2.24, 2.45) is 0 Å². The summed E-state index contributed by atoms with van der Waals surface area (Å²) in [7, 11) is 0. The molecule has 0 bridgehead atoms. The largest absolute Gasteiger partial charge is 0.306 e. The molecular weight excluding hydrogens is 405 g/mol. The van der Waals surface area contributed by atoms with Crippen molar-refractivity contribution in [3.63, 3.8) is 0 Å². The summed E-state index contributed by atoms with van der Waals surface area (Å²) >= 11 is 3.17. The maximum Gasteiger partial charge on any atom is 0.255 e. The van der Waals surface area contributed by atoms with Crippen molar-refractivity contribution < 1.29 is 4.39 Å². The first-order valence-corrected chi connectivity index (χ1v) is 11.1. The van der Waals surface area contributed by atoms with E-state index in [1.807, 2.05) is 35.7 Å². The van der Waals surface area contributed by atoms with Gasteiger partial charge in [-0.15, -0.1) is 22.7 Å². The molecule has 4 nitrogen and oxygen atoms in total. The third-order valence-electron chi connectivity index (χ3n) is 5.08. The number of rotatable bonds is 4. The van der Waals surface area contributed by atoms with Crippen molar-refractivity contribution in [1.82, 2.24) is 14.9 Å². The van der Waals surface area contributed by atoms with E-state index < -0.39 is 0 Å². The van der Waals surface area contributed by atoms with Crippen LogP contribution in [0.1, 0.15) is 16.1 Å². The van der Waals surface area contributed by atoms with E-state index in [4.69, 9.17) is 4.98 Å². The highest BCUT2D eigenvalue weighted by Gasteiger charge is 2.22. The van der Waals surface area contributed by atoms with E-state index in [2.05, 4.69) is 9.88 Å². The molecule has 0 atom stereocenters. The fourth-order valence-corrected chi connectivity index (χ4v) is 5.38. The van der Waals surface area contributed by atoms with Gasteiger partial charge in [-0.05, 0) is 29.6 Å². The molecule has 0 saturated heterocycles. The standard InChI is InChI=1S/C22H18FN3OS2/c23-17-5-2-1-4-15(17)19-8-7-14(29-19)12-26-10-9-18-16(13-26)22(27)25-21(24-18)20-6-3-11-28-20/h1-8,11H,9-10,12-13H2,(H,24,25,27). The molecule has 0 unspecified atom stereocenters. The second kappa shape index (κ2) is 7.67. The molecule has 7 heteroatoms. The SMILES string of the molecule is O=c1[nH]c(-c2cccs2)nc2c1CN(Cc1ccc(-c3ccccc3F)s1)CC2. The predicted molar refractivity (Wildman–Crippen MR) is 116 cm³/mol. The fraction of sp³-hybridized carbons (Fsp3) is 0.182. The van der Waals surface area contributed by atoms with Gasteiger partial charge in [-0.1, -0.05) is 24.3 Å². The van der Waals surface area contributed by atoms with Crippen LogP contribution in [0, 0.1) is 5.82 Å². The summed E-state index contributed by atoms with van der Waals surface area (Å²) in [6.45, 7) is 2.17. The van der Waals surface area contributed by atoms with Crippen molar-refractivity contribution in [2.75, 3.05) is 6.54 Å². The minimum absolute atomic E-state index is 0.0543. The number of nitrogens with one attached hydrogen (secondary N) is 1. The smallest absolute Gasteiger partial charge is 0.255 e. The Balaban J connectivity index is 1.34. The third kappa shape index (κ3) is 3.69. The molecular formula is C22H18FN3OS2. The van der Waals surface area contributed by atoms with Crippen LogP contribution in [0.4, 0.5) is 4.39 Å². The minimum Gasteiger partial charge on any atom is -0.306 e. The molecule has 0 amide bonds. The molecule has 1 aliphatic heterocycles. The van der Waals surface area contributed by atoms with E-state index in [-0.39, 0.29) is 11.4 Å². The number of aromatic amines is 1. The first-order valence-electron chi connectivity index (χ1n) is 9.39. The molecule has 0 aliphatic carbocycles. The third-order valence-corrected chi connectivity index (χ3v) is 7.06. The summed E-state index contributed by atoms with van der Waals surface area (Å²) in [5, 5.41) is 1.98. The Bertz CT molecular complexity index is 1210. The summed E-state index contributed by atoms with van der Waals surface area (Å²) in [5.74, 6) is 0.455. The summed E-state index contributed by atoms with van der Waals surface area (Å²) < 4.78 is 14.0. The first kappa shape index (κ1) is 18.4. The second-order valence-corrected chi connectivity index (χ2v) is 9.14. The number of fused-ring (bicyclic) bond motifs is 1. The van der Waals surface area contributed by atoms with E-state index in [1.54, 1.807) is 34.8 Å². The van der Waals surface area contributed by atoms with E-state index in [1.165, 1.54) is 6.07 Å². The van der Waals surface area contributed by atoms with Gasteiger partial charge in [-0.25, -0.2) is 9.37 Å². The van der Waals surface area contributed by atoms with Crippen LogP contribution < -0.4 is 5.56 Å². The number of H-pyrrole nitrogens is 1. The number of hydrogen-bond donors (Lipinski definition) is 1. The van der Waals surface area contributed by atoms with E-state index >= 15 is 0 Å². The highest BCUT2D eigenvalue weighted by Crippen LogP contribution is 2.31. The first-order chi connectivity index (χ1) is 14.2. The average molecular weight is 424 g/mol. The normalized spacial score (nSPS) is 14.1. The van der Waals surface area contributed by atoms with Gasteiger partial charge < -0.3 is 4.98 Å². The maximum absolute atomic E-state index is 14.0. The second-order valence-electron chi connectivity index (χ2n) is 7.02. The van der Waals surface area contributed by atoms with Crippen molar-refractivity contribution in [3.8, 4) is 21.1 Å². The Hall–Kier alpha value is -2.61. The molecule has 1 N–H and O–H groups in total. The number of thiophene rings is 2. The molecule has 1 aromatic carbocycles. The summed E-state index contributed by atoms with van der Waals surface area (Å²) in [6, 6.07) is 14.8. The van der Waals surface area contributed by atoms with E-state index in [0.29, 0.717) is 17.9 Å². The Morgan fingerprint density at radius 1 is 1.10 bits per heavy atom. The van der Waals surface area contributed by atoms with Gasteiger partial charge in [0.15, 0.2) is 5.82 Å². The van der Waals surface area contributed by atoms with Crippen LogP contribution in [0.5, 0.6) is 0 Å². The van der Waals surface area contributed by atoms with E-state index in [0.717, 1.165) is 45.4 Å². The Morgan fingerprint density at radius 3 is 2.83 bits per heavy atom. The molecule has 4 heterocycles. The van der Waals surface area contributed by atoms with Crippen LogP contribution in [0.3, 0.4) is 0 Å². The number of benzene rings is 1. The number of hydrogen-bond acceptors (Lipinski definition) is 5. The minimum atomic E-state index is -0.202. The van der Waals surface area contributed by atoms with Crippen molar-refractivity contribution >= 4 is 22.7 Å². The molecule has 3 aromatic heterocycles. The van der Waals surface area contributed by atoms with Crippen LogP contribution >= 0.6 is 22.7 Å². The van der Waals surface area contributed by atoms with Crippen LogP contribution in [-0.4, -0.2) is 21.4 Å². The highest BCUT2D eigenvalue weighted by atomic mass is 32.1. The van der Waals surface area contributed by atoms with Crippen molar-refractivity contribution in [3.05, 3.63) is 86.2 Å². The monoisotopic (exact) mass is 423 g/mol. The topological polar surface area (TPSA) is 49.0 Å². The predicted octanol–water partition coefficient (Wildman–Crippen LogP) is 4.92. The zero-order chi connectivity index (χ0) is 19.8. The molecule has 29 heavy (non-hydrogen) atoms.